The molecule has 104 valence electrons. The Morgan fingerprint density at radius 2 is 2.20 bits per heavy atom. The fourth-order valence-electron chi connectivity index (χ4n) is 2.53. The molecule has 0 radical (unpaired) electrons. The molecule has 1 aliphatic carbocycles. The van der Waals surface area contributed by atoms with Crippen molar-refractivity contribution in [1.29, 1.82) is 0 Å². The van der Waals surface area contributed by atoms with Gasteiger partial charge in [0.2, 0.25) is 0 Å². The molecule has 2 aromatic rings. The number of halogens is 1. The van der Waals surface area contributed by atoms with Gasteiger partial charge in [0.1, 0.15) is 0 Å². The summed E-state index contributed by atoms with van der Waals surface area (Å²) in [6, 6.07) is 9.39. The lowest BCUT2D eigenvalue weighted by Crippen LogP contribution is -2.33. The zero-order valence-corrected chi connectivity index (χ0v) is 13.3. The molecule has 2 atom stereocenters. The number of aliphatic hydroxyl groups is 1. The summed E-state index contributed by atoms with van der Waals surface area (Å²) in [6.07, 6.45) is 0.0368. The van der Waals surface area contributed by atoms with Gasteiger partial charge in [-0.05, 0) is 45.6 Å². The van der Waals surface area contributed by atoms with Crippen LogP contribution in [0.5, 0.6) is 0 Å². The third-order valence-corrected chi connectivity index (χ3v) is 5.71. The molecule has 0 bridgehead atoms. The molecular formula is C15H14BrNO2S. The van der Waals surface area contributed by atoms with E-state index < -0.39 is 6.10 Å². The summed E-state index contributed by atoms with van der Waals surface area (Å²) in [6.45, 7) is 1.96. The van der Waals surface area contributed by atoms with Gasteiger partial charge in [-0.3, -0.25) is 4.79 Å². The molecule has 3 nitrogen and oxygen atoms in total. The van der Waals surface area contributed by atoms with Crippen LogP contribution < -0.4 is 5.32 Å². The summed E-state index contributed by atoms with van der Waals surface area (Å²) < 4.78 is 0.968. The SMILES string of the molecule is Cc1cc(C(=O)N[C@@H]2c3ccccc3C[C@@H]2O)sc1Br. The van der Waals surface area contributed by atoms with Crippen molar-refractivity contribution in [3.8, 4) is 0 Å². The number of aliphatic hydroxyl groups excluding tert-OH is 1. The number of carbonyl (C=O) groups is 1. The van der Waals surface area contributed by atoms with E-state index in [1.54, 1.807) is 0 Å². The largest absolute Gasteiger partial charge is 0.390 e. The fourth-order valence-corrected chi connectivity index (χ4v) is 3.97. The van der Waals surface area contributed by atoms with E-state index in [1.807, 2.05) is 37.3 Å². The van der Waals surface area contributed by atoms with Gasteiger partial charge in [-0.15, -0.1) is 11.3 Å². The molecule has 0 unspecified atom stereocenters. The van der Waals surface area contributed by atoms with E-state index in [0.717, 1.165) is 20.5 Å². The van der Waals surface area contributed by atoms with Gasteiger partial charge in [0.05, 0.1) is 20.8 Å². The van der Waals surface area contributed by atoms with E-state index in [0.29, 0.717) is 11.3 Å². The van der Waals surface area contributed by atoms with Crippen LogP contribution in [0.25, 0.3) is 0 Å². The second kappa shape index (κ2) is 5.31. The van der Waals surface area contributed by atoms with Gasteiger partial charge in [0.25, 0.3) is 5.91 Å². The molecule has 1 heterocycles. The second-order valence-electron chi connectivity index (χ2n) is 4.99. The average Bonchev–Trinajstić information content (AvgIpc) is 2.91. The second-order valence-corrected chi connectivity index (χ2v) is 7.36. The summed E-state index contributed by atoms with van der Waals surface area (Å²) >= 11 is 4.84. The highest BCUT2D eigenvalue weighted by molar-refractivity contribution is 9.11. The molecule has 0 spiro atoms. The van der Waals surface area contributed by atoms with Gasteiger partial charge in [0.15, 0.2) is 0 Å². The standard InChI is InChI=1S/C15H14BrNO2S/c1-8-6-12(20-14(8)16)15(19)17-13-10-5-3-2-4-9(10)7-11(13)18/h2-6,11,13,18H,7H2,1H3,(H,17,19)/t11-,13+/m0/s1. The van der Waals surface area contributed by atoms with E-state index in [9.17, 15) is 9.90 Å². The van der Waals surface area contributed by atoms with Crippen LogP contribution in [0, 0.1) is 6.92 Å². The van der Waals surface area contributed by atoms with E-state index >= 15 is 0 Å². The number of fused-ring (bicyclic) bond motifs is 1. The van der Waals surface area contributed by atoms with Crippen LogP contribution in [-0.2, 0) is 6.42 Å². The molecule has 0 saturated heterocycles. The summed E-state index contributed by atoms with van der Waals surface area (Å²) in [5.41, 5.74) is 3.17. The number of rotatable bonds is 2. The van der Waals surface area contributed by atoms with Gasteiger partial charge in [0, 0.05) is 6.42 Å². The van der Waals surface area contributed by atoms with Crippen LogP contribution in [-0.4, -0.2) is 17.1 Å². The molecular weight excluding hydrogens is 338 g/mol. The van der Waals surface area contributed by atoms with Gasteiger partial charge in [-0.25, -0.2) is 0 Å². The molecule has 5 heteroatoms. The quantitative estimate of drug-likeness (QED) is 0.872. The predicted octanol–water partition coefficient (Wildman–Crippen LogP) is 3.21. The van der Waals surface area contributed by atoms with Crippen LogP contribution in [0.3, 0.4) is 0 Å². The molecule has 3 rings (SSSR count). The zero-order chi connectivity index (χ0) is 14.3. The van der Waals surface area contributed by atoms with Crippen molar-refractivity contribution in [1.82, 2.24) is 5.32 Å². The molecule has 20 heavy (non-hydrogen) atoms. The Morgan fingerprint density at radius 1 is 1.45 bits per heavy atom. The first kappa shape index (κ1) is 13.8. The molecule has 0 saturated carbocycles. The number of hydrogen-bond donors (Lipinski definition) is 2. The molecule has 1 amide bonds. The van der Waals surface area contributed by atoms with Crippen molar-refractivity contribution in [2.45, 2.75) is 25.5 Å². The highest BCUT2D eigenvalue weighted by Gasteiger charge is 2.32. The number of benzene rings is 1. The van der Waals surface area contributed by atoms with E-state index in [1.165, 1.54) is 11.3 Å². The van der Waals surface area contributed by atoms with Crippen LogP contribution in [0.15, 0.2) is 34.1 Å². The Balaban J connectivity index is 1.83. The highest BCUT2D eigenvalue weighted by atomic mass is 79.9. The Bertz CT molecular complexity index is 648. The molecule has 2 N–H and O–H groups in total. The fraction of sp³-hybridized carbons (Fsp3) is 0.267. The van der Waals surface area contributed by atoms with Crippen LogP contribution in [0.1, 0.15) is 32.4 Å². The lowest BCUT2D eigenvalue weighted by Gasteiger charge is -2.17. The van der Waals surface area contributed by atoms with Crippen LogP contribution >= 0.6 is 27.3 Å². The van der Waals surface area contributed by atoms with Crippen molar-refractivity contribution in [2.75, 3.05) is 0 Å². The lowest BCUT2D eigenvalue weighted by atomic mass is 10.1. The van der Waals surface area contributed by atoms with Crippen molar-refractivity contribution in [3.63, 3.8) is 0 Å². The minimum Gasteiger partial charge on any atom is -0.390 e. The van der Waals surface area contributed by atoms with Crippen molar-refractivity contribution < 1.29 is 9.90 Å². The van der Waals surface area contributed by atoms with Gasteiger partial charge in [-0.2, -0.15) is 0 Å². The first-order valence-corrected chi connectivity index (χ1v) is 8.00. The third-order valence-electron chi connectivity index (χ3n) is 3.57. The topological polar surface area (TPSA) is 49.3 Å². The zero-order valence-electron chi connectivity index (χ0n) is 10.9. The number of amides is 1. The number of carbonyl (C=O) groups excluding carboxylic acids is 1. The predicted molar refractivity (Wildman–Crippen MR) is 83.1 cm³/mol. The summed E-state index contributed by atoms with van der Waals surface area (Å²) in [5, 5.41) is 13.1. The third kappa shape index (κ3) is 2.41. The van der Waals surface area contributed by atoms with Gasteiger partial charge < -0.3 is 10.4 Å². The Labute approximate surface area is 129 Å². The van der Waals surface area contributed by atoms with Crippen molar-refractivity contribution in [3.05, 3.63) is 55.7 Å². The summed E-state index contributed by atoms with van der Waals surface area (Å²) in [7, 11) is 0. The summed E-state index contributed by atoms with van der Waals surface area (Å²) in [5.74, 6) is -0.135. The number of hydrogen-bond acceptors (Lipinski definition) is 3. The van der Waals surface area contributed by atoms with Gasteiger partial charge >= 0.3 is 0 Å². The molecule has 1 aromatic heterocycles. The Morgan fingerprint density at radius 3 is 2.90 bits per heavy atom. The Kier molecular flexibility index (Phi) is 3.67. The maximum absolute atomic E-state index is 12.3. The summed E-state index contributed by atoms with van der Waals surface area (Å²) in [4.78, 5) is 12.9. The number of aryl methyl sites for hydroxylation is 1. The maximum Gasteiger partial charge on any atom is 0.261 e. The van der Waals surface area contributed by atoms with E-state index in [2.05, 4.69) is 21.2 Å². The monoisotopic (exact) mass is 351 g/mol. The molecule has 1 aromatic carbocycles. The minimum atomic E-state index is -0.555. The lowest BCUT2D eigenvalue weighted by molar-refractivity contribution is 0.0862. The van der Waals surface area contributed by atoms with Crippen molar-refractivity contribution in [2.24, 2.45) is 0 Å². The van der Waals surface area contributed by atoms with Gasteiger partial charge in [-0.1, -0.05) is 24.3 Å². The van der Waals surface area contributed by atoms with Crippen LogP contribution in [0.4, 0.5) is 0 Å². The van der Waals surface area contributed by atoms with E-state index in [4.69, 9.17) is 0 Å². The molecule has 1 aliphatic rings. The van der Waals surface area contributed by atoms with Crippen LogP contribution in [0.2, 0.25) is 0 Å². The van der Waals surface area contributed by atoms with E-state index in [-0.39, 0.29) is 11.9 Å². The molecule has 0 fully saturated rings. The first-order valence-electron chi connectivity index (χ1n) is 6.39. The highest BCUT2D eigenvalue weighted by Crippen LogP contribution is 2.32. The van der Waals surface area contributed by atoms with Crippen molar-refractivity contribution >= 4 is 33.2 Å². The molecule has 0 aliphatic heterocycles. The first-order chi connectivity index (χ1) is 9.56. The normalized spacial score (nSPS) is 20.8. The average molecular weight is 352 g/mol. The number of nitrogens with one attached hydrogen (secondary N) is 1. The Hall–Kier alpha value is -1.17. The minimum absolute atomic E-state index is 0.135. The maximum atomic E-state index is 12.3. The smallest absolute Gasteiger partial charge is 0.261 e. The number of thiophene rings is 1.